The molecule has 2 rings (SSSR count). The third-order valence-corrected chi connectivity index (χ3v) is 5.94. The maximum Gasteiger partial charge on any atom is 0.251 e. The molecule has 24 heavy (non-hydrogen) atoms. The molecule has 0 radical (unpaired) electrons. The van der Waals surface area contributed by atoms with Gasteiger partial charge in [-0.25, -0.2) is 13.1 Å². The van der Waals surface area contributed by atoms with Gasteiger partial charge in [-0.3, -0.25) is 4.79 Å². The van der Waals surface area contributed by atoms with Gasteiger partial charge in [0.15, 0.2) is 0 Å². The summed E-state index contributed by atoms with van der Waals surface area (Å²) in [5.41, 5.74) is 0.447. The van der Waals surface area contributed by atoms with Crippen molar-refractivity contribution in [1.82, 2.24) is 15.4 Å². The Bertz CT molecular complexity index is 680. The van der Waals surface area contributed by atoms with Gasteiger partial charge in [0.05, 0.1) is 4.90 Å². The Balaban J connectivity index is 2.06. The molecule has 1 heterocycles. The monoisotopic (exact) mass is 353 g/mol. The Kier molecular flexibility index (Phi) is 6.01. The zero-order valence-electron chi connectivity index (χ0n) is 14.6. The molecule has 1 aliphatic rings. The highest BCUT2D eigenvalue weighted by Gasteiger charge is 2.27. The van der Waals surface area contributed by atoms with Crippen LogP contribution in [0.3, 0.4) is 0 Å². The van der Waals surface area contributed by atoms with Crippen molar-refractivity contribution in [3.05, 3.63) is 29.8 Å². The van der Waals surface area contributed by atoms with Gasteiger partial charge in [-0.1, -0.05) is 13.0 Å². The summed E-state index contributed by atoms with van der Waals surface area (Å²) in [4.78, 5) is 12.5. The standard InChI is InChI=1S/C17H27N3O3S/c1-13(2)20-24(22,23)15-6-4-5-14(11-15)16(21)19-12-17(3)7-9-18-10-8-17/h4-6,11,13,18,20H,7-10,12H2,1-3H3,(H,19,21). The number of benzene rings is 1. The maximum absolute atomic E-state index is 12.4. The molecular formula is C17H27N3O3S. The van der Waals surface area contributed by atoms with Crippen LogP contribution >= 0.6 is 0 Å². The van der Waals surface area contributed by atoms with E-state index in [1.165, 1.54) is 12.1 Å². The van der Waals surface area contributed by atoms with Crippen molar-refractivity contribution >= 4 is 15.9 Å². The predicted octanol–water partition coefficient (Wildman–Crippen LogP) is 1.49. The second-order valence-corrected chi connectivity index (χ2v) is 8.76. The van der Waals surface area contributed by atoms with E-state index in [0.29, 0.717) is 12.1 Å². The van der Waals surface area contributed by atoms with E-state index < -0.39 is 10.0 Å². The summed E-state index contributed by atoms with van der Waals surface area (Å²) in [6, 6.07) is 5.94. The summed E-state index contributed by atoms with van der Waals surface area (Å²) >= 11 is 0. The van der Waals surface area contributed by atoms with Crippen molar-refractivity contribution in [2.45, 2.75) is 44.6 Å². The number of hydrogen-bond donors (Lipinski definition) is 3. The lowest BCUT2D eigenvalue weighted by molar-refractivity contribution is 0.0922. The molecule has 6 nitrogen and oxygen atoms in total. The highest BCUT2D eigenvalue weighted by molar-refractivity contribution is 7.89. The predicted molar refractivity (Wildman–Crippen MR) is 94.4 cm³/mol. The minimum atomic E-state index is -3.60. The van der Waals surface area contributed by atoms with Crippen molar-refractivity contribution in [1.29, 1.82) is 0 Å². The summed E-state index contributed by atoms with van der Waals surface area (Å²) in [6.07, 6.45) is 2.03. The van der Waals surface area contributed by atoms with E-state index in [9.17, 15) is 13.2 Å². The van der Waals surface area contributed by atoms with Crippen LogP contribution in [0, 0.1) is 5.41 Å². The lowest BCUT2D eigenvalue weighted by atomic mass is 9.81. The minimum absolute atomic E-state index is 0.0871. The van der Waals surface area contributed by atoms with E-state index in [2.05, 4.69) is 22.3 Å². The van der Waals surface area contributed by atoms with E-state index >= 15 is 0 Å². The fraction of sp³-hybridized carbons (Fsp3) is 0.588. The van der Waals surface area contributed by atoms with Gasteiger partial charge in [0, 0.05) is 18.2 Å². The first-order valence-corrected chi connectivity index (χ1v) is 9.81. The number of hydrogen-bond acceptors (Lipinski definition) is 4. The van der Waals surface area contributed by atoms with Crippen LogP contribution in [0.2, 0.25) is 0 Å². The van der Waals surface area contributed by atoms with Gasteiger partial charge < -0.3 is 10.6 Å². The van der Waals surface area contributed by atoms with Crippen LogP contribution < -0.4 is 15.4 Å². The summed E-state index contributed by atoms with van der Waals surface area (Å²) in [6.45, 7) is 8.19. The van der Waals surface area contributed by atoms with E-state index in [4.69, 9.17) is 0 Å². The lowest BCUT2D eigenvalue weighted by Crippen LogP contribution is -2.42. The van der Waals surface area contributed by atoms with E-state index in [0.717, 1.165) is 25.9 Å². The Hall–Kier alpha value is -1.44. The second kappa shape index (κ2) is 7.63. The molecule has 0 saturated carbocycles. The first-order chi connectivity index (χ1) is 11.2. The molecule has 0 atom stereocenters. The fourth-order valence-corrected chi connectivity index (χ4v) is 4.08. The zero-order chi connectivity index (χ0) is 17.8. The molecule has 0 aliphatic carbocycles. The smallest absolute Gasteiger partial charge is 0.251 e. The van der Waals surface area contributed by atoms with Gasteiger partial charge in [-0.05, 0) is 63.4 Å². The Morgan fingerprint density at radius 2 is 1.96 bits per heavy atom. The average molecular weight is 353 g/mol. The highest BCUT2D eigenvalue weighted by atomic mass is 32.2. The van der Waals surface area contributed by atoms with Crippen molar-refractivity contribution in [3.8, 4) is 0 Å². The molecule has 3 N–H and O–H groups in total. The first kappa shape index (κ1) is 18.9. The van der Waals surface area contributed by atoms with E-state index in [1.807, 2.05) is 0 Å². The van der Waals surface area contributed by atoms with Gasteiger partial charge in [0.25, 0.3) is 5.91 Å². The van der Waals surface area contributed by atoms with Crippen molar-refractivity contribution in [2.24, 2.45) is 5.41 Å². The quantitative estimate of drug-likeness (QED) is 0.723. The molecule has 134 valence electrons. The van der Waals surface area contributed by atoms with Crippen LogP contribution in [0.1, 0.15) is 44.0 Å². The first-order valence-electron chi connectivity index (χ1n) is 8.33. The second-order valence-electron chi connectivity index (χ2n) is 7.05. The Labute approximate surface area is 144 Å². The van der Waals surface area contributed by atoms with Gasteiger partial charge in [0.2, 0.25) is 10.0 Å². The van der Waals surface area contributed by atoms with Gasteiger partial charge >= 0.3 is 0 Å². The summed E-state index contributed by atoms with van der Waals surface area (Å²) < 4.78 is 27.0. The Morgan fingerprint density at radius 1 is 1.29 bits per heavy atom. The third kappa shape index (κ3) is 5.03. The molecule has 7 heteroatoms. The highest BCUT2D eigenvalue weighted by Crippen LogP contribution is 2.26. The van der Waals surface area contributed by atoms with Gasteiger partial charge in [-0.15, -0.1) is 0 Å². The van der Waals surface area contributed by atoms with Crippen molar-refractivity contribution < 1.29 is 13.2 Å². The molecular weight excluding hydrogens is 326 g/mol. The molecule has 1 amide bonds. The zero-order valence-corrected chi connectivity index (χ0v) is 15.4. The van der Waals surface area contributed by atoms with Gasteiger partial charge in [0.1, 0.15) is 0 Å². The number of nitrogens with one attached hydrogen (secondary N) is 3. The van der Waals surface area contributed by atoms with Gasteiger partial charge in [-0.2, -0.15) is 0 Å². The number of piperidine rings is 1. The lowest BCUT2D eigenvalue weighted by Gasteiger charge is -2.34. The number of amides is 1. The van der Waals surface area contributed by atoms with Crippen molar-refractivity contribution in [2.75, 3.05) is 19.6 Å². The number of rotatable bonds is 6. The molecule has 0 aromatic heterocycles. The summed E-state index contributed by atoms with van der Waals surface area (Å²) in [5, 5.41) is 6.26. The van der Waals surface area contributed by atoms with Crippen LogP contribution in [0.15, 0.2) is 29.2 Å². The third-order valence-electron chi connectivity index (χ3n) is 4.28. The van der Waals surface area contributed by atoms with E-state index in [-0.39, 0.29) is 22.3 Å². The van der Waals surface area contributed by atoms with Crippen LogP contribution in [-0.2, 0) is 10.0 Å². The van der Waals surface area contributed by atoms with Crippen molar-refractivity contribution in [3.63, 3.8) is 0 Å². The maximum atomic E-state index is 12.4. The van der Waals surface area contributed by atoms with E-state index in [1.54, 1.807) is 26.0 Å². The summed E-state index contributed by atoms with van der Waals surface area (Å²) in [5.74, 6) is -0.239. The minimum Gasteiger partial charge on any atom is -0.351 e. The molecule has 0 bridgehead atoms. The molecule has 1 aromatic carbocycles. The topological polar surface area (TPSA) is 87.3 Å². The largest absolute Gasteiger partial charge is 0.351 e. The Morgan fingerprint density at radius 3 is 2.58 bits per heavy atom. The normalized spacial score (nSPS) is 17.7. The molecule has 1 aliphatic heterocycles. The van der Waals surface area contributed by atoms with Crippen LogP contribution in [-0.4, -0.2) is 40.0 Å². The number of carbonyl (C=O) groups excluding carboxylic acids is 1. The molecule has 1 fully saturated rings. The fourth-order valence-electron chi connectivity index (χ4n) is 2.79. The average Bonchev–Trinajstić information content (AvgIpc) is 2.52. The molecule has 0 spiro atoms. The molecule has 1 aromatic rings. The van der Waals surface area contributed by atoms with Crippen LogP contribution in [0.4, 0.5) is 0 Å². The van der Waals surface area contributed by atoms with Crippen LogP contribution in [0.5, 0.6) is 0 Å². The molecule has 0 unspecified atom stereocenters. The number of carbonyl (C=O) groups is 1. The van der Waals surface area contributed by atoms with Crippen LogP contribution in [0.25, 0.3) is 0 Å². The SMILES string of the molecule is CC(C)NS(=O)(=O)c1cccc(C(=O)NCC2(C)CCNCC2)c1. The number of sulfonamides is 1. The summed E-state index contributed by atoms with van der Waals surface area (Å²) in [7, 11) is -3.60. The molecule has 1 saturated heterocycles.